The molecule has 0 aliphatic heterocycles. The third kappa shape index (κ3) is 2.64. The number of nitrogens with one attached hydrogen (secondary N) is 1. The summed E-state index contributed by atoms with van der Waals surface area (Å²) in [5.41, 5.74) is 10.5. The van der Waals surface area contributed by atoms with Crippen LogP contribution in [0.25, 0.3) is 10.1 Å². The molecule has 2 amide bonds. The third-order valence-electron chi connectivity index (χ3n) is 2.94. The lowest BCUT2D eigenvalue weighted by molar-refractivity contribution is -0.122. The number of halogens is 1. The highest BCUT2D eigenvalue weighted by Gasteiger charge is 2.29. The fourth-order valence-corrected chi connectivity index (χ4v) is 3.23. The van der Waals surface area contributed by atoms with E-state index in [2.05, 4.69) is 21.2 Å². The molecule has 5 N–H and O–H groups in total. The predicted octanol–water partition coefficient (Wildman–Crippen LogP) is 2.24. The van der Waals surface area contributed by atoms with Gasteiger partial charge in [0.15, 0.2) is 0 Å². The summed E-state index contributed by atoms with van der Waals surface area (Å²) in [6, 6.07) is 5.61. The van der Waals surface area contributed by atoms with Crippen LogP contribution in [0, 0.1) is 0 Å². The maximum atomic E-state index is 12.2. The summed E-state index contributed by atoms with van der Waals surface area (Å²) in [6.07, 6.45) is 0. The van der Waals surface area contributed by atoms with Crippen LogP contribution in [0.5, 0.6) is 0 Å². The molecule has 0 unspecified atom stereocenters. The van der Waals surface area contributed by atoms with Crippen LogP contribution in [-0.4, -0.2) is 17.4 Å². The maximum Gasteiger partial charge on any atom is 0.264 e. The summed E-state index contributed by atoms with van der Waals surface area (Å²) < 4.78 is 1.81. The number of hydrogen-bond acceptors (Lipinski definition) is 4. The lowest BCUT2D eigenvalue weighted by Gasteiger charge is -2.21. The number of amides is 2. The summed E-state index contributed by atoms with van der Waals surface area (Å²) in [7, 11) is 0. The highest BCUT2D eigenvalue weighted by Crippen LogP contribution is 2.35. The van der Waals surface area contributed by atoms with Gasteiger partial charge in [0, 0.05) is 14.6 Å². The monoisotopic (exact) mass is 355 g/mol. The first kappa shape index (κ1) is 14.8. The number of thiophene rings is 1. The van der Waals surface area contributed by atoms with E-state index in [1.165, 1.54) is 11.3 Å². The lowest BCUT2D eigenvalue weighted by atomic mass is 10.1. The number of anilines is 1. The summed E-state index contributed by atoms with van der Waals surface area (Å²) in [5.74, 6) is -1.00. The van der Waals surface area contributed by atoms with Gasteiger partial charge in [-0.05, 0) is 26.0 Å². The number of nitrogen functional groups attached to an aromatic ring is 1. The van der Waals surface area contributed by atoms with Crippen molar-refractivity contribution < 1.29 is 9.59 Å². The van der Waals surface area contributed by atoms with Gasteiger partial charge >= 0.3 is 0 Å². The minimum atomic E-state index is -1.12. The number of primary amides is 1. The summed E-state index contributed by atoms with van der Waals surface area (Å²) in [5, 5.41) is 3.41. The molecule has 0 radical (unpaired) electrons. The molecule has 1 aromatic carbocycles. The average molecular weight is 356 g/mol. The van der Waals surface area contributed by atoms with Gasteiger partial charge in [-0.3, -0.25) is 9.59 Å². The molecule has 0 saturated carbocycles. The van der Waals surface area contributed by atoms with E-state index in [0.29, 0.717) is 10.6 Å². The number of benzene rings is 1. The molecule has 0 bridgehead atoms. The smallest absolute Gasteiger partial charge is 0.264 e. The molecule has 20 heavy (non-hydrogen) atoms. The topological polar surface area (TPSA) is 98.2 Å². The molecule has 0 atom stereocenters. The molecular formula is C13H14BrN3O2S. The highest BCUT2D eigenvalue weighted by molar-refractivity contribution is 9.10. The number of fused-ring (bicyclic) bond motifs is 1. The predicted molar refractivity (Wildman–Crippen MR) is 84.7 cm³/mol. The Bertz CT molecular complexity index is 709. The largest absolute Gasteiger partial charge is 0.397 e. The molecule has 7 heteroatoms. The van der Waals surface area contributed by atoms with Crippen molar-refractivity contribution in [3.8, 4) is 0 Å². The Hall–Kier alpha value is -1.60. The van der Waals surface area contributed by atoms with Gasteiger partial charge in [0.2, 0.25) is 5.91 Å². The van der Waals surface area contributed by atoms with Gasteiger partial charge in [-0.2, -0.15) is 0 Å². The second kappa shape index (κ2) is 5.06. The number of carbonyl (C=O) groups is 2. The molecule has 0 saturated heterocycles. The van der Waals surface area contributed by atoms with Crippen LogP contribution < -0.4 is 16.8 Å². The van der Waals surface area contributed by atoms with Gasteiger partial charge in [-0.25, -0.2) is 0 Å². The van der Waals surface area contributed by atoms with Gasteiger partial charge in [0.1, 0.15) is 10.4 Å². The highest BCUT2D eigenvalue weighted by atomic mass is 79.9. The molecule has 2 rings (SSSR count). The fraction of sp³-hybridized carbons (Fsp3) is 0.231. The van der Waals surface area contributed by atoms with Crippen molar-refractivity contribution in [2.75, 3.05) is 5.73 Å². The van der Waals surface area contributed by atoms with E-state index in [9.17, 15) is 9.59 Å². The Morgan fingerprint density at radius 1 is 1.35 bits per heavy atom. The molecule has 106 valence electrons. The molecule has 1 aromatic heterocycles. The molecular weight excluding hydrogens is 342 g/mol. The van der Waals surface area contributed by atoms with Gasteiger partial charge in [-0.15, -0.1) is 11.3 Å². The second-order valence-corrected chi connectivity index (χ2v) is 6.90. The van der Waals surface area contributed by atoms with E-state index in [1.807, 2.05) is 18.2 Å². The number of carbonyl (C=O) groups excluding carboxylic acids is 2. The zero-order valence-electron chi connectivity index (χ0n) is 11.0. The molecule has 0 aliphatic rings. The van der Waals surface area contributed by atoms with Crippen LogP contribution in [0.2, 0.25) is 0 Å². The van der Waals surface area contributed by atoms with E-state index in [-0.39, 0.29) is 0 Å². The summed E-state index contributed by atoms with van der Waals surface area (Å²) in [4.78, 5) is 23.9. The Morgan fingerprint density at radius 2 is 2.00 bits per heavy atom. The number of nitrogens with two attached hydrogens (primary N) is 2. The van der Waals surface area contributed by atoms with Gasteiger partial charge in [0.25, 0.3) is 5.91 Å². The van der Waals surface area contributed by atoms with Gasteiger partial charge < -0.3 is 16.8 Å². The van der Waals surface area contributed by atoms with Crippen molar-refractivity contribution in [2.45, 2.75) is 19.4 Å². The van der Waals surface area contributed by atoms with Crippen molar-refractivity contribution in [1.29, 1.82) is 0 Å². The second-order valence-electron chi connectivity index (χ2n) is 4.93. The van der Waals surface area contributed by atoms with Crippen LogP contribution in [-0.2, 0) is 4.79 Å². The molecule has 5 nitrogen and oxygen atoms in total. The fourth-order valence-electron chi connectivity index (χ4n) is 1.66. The standard InChI is InChI=1S/C13H14BrN3O2S/c1-13(2,12(16)19)17-11(18)10-9(15)7-4-3-6(14)5-8(7)20-10/h3-5H,15H2,1-2H3,(H2,16,19)(H,17,18). The minimum absolute atomic E-state index is 0.382. The van der Waals surface area contributed by atoms with Gasteiger partial charge in [0.05, 0.1) is 5.69 Å². The van der Waals surface area contributed by atoms with Crippen LogP contribution >= 0.6 is 27.3 Å². The number of hydrogen-bond donors (Lipinski definition) is 3. The van der Waals surface area contributed by atoms with Gasteiger partial charge in [-0.1, -0.05) is 22.0 Å². The molecule has 0 aliphatic carbocycles. The first-order chi connectivity index (χ1) is 9.22. The molecule has 1 heterocycles. The molecule has 2 aromatic rings. The Morgan fingerprint density at radius 3 is 2.60 bits per heavy atom. The Balaban J connectivity index is 2.41. The maximum absolute atomic E-state index is 12.2. The third-order valence-corrected chi connectivity index (χ3v) is 4.60. The normalized spacial score (nSPS) is 11.6. The van der Waals surface area contributed by atoms with Crippen molar-refractivity contribution in [3.05, 3.63) is 27.5 Å². The van der Waals surface area contributed by atoms with Crippen LogP contribution in [0.4, 0.5) is 5.69 Å². The zero-order chi connectivity index (χ0) is 15.1. The Labute approximate surface area is 128 Å². The van der Waals surface area contributed by atoms with E-state index >= 15 is 0 Å². The summed E-state index contributed by atoms with van der Waals surface area (Å²) in [6.45, 7) is 3.10. The summed E-state index contributed by atoms with van der Waals surface area (Å²) >= 11 is 4.65. The molecule has 0 spiro atoms. The van der Waals surface area contributed by atoms with Crippen molar-refractivity contribution in [2.24, 2.45) is 5.73 Å². The van der Waals surface area contributed by atoms with E-state index in [0.717, 1.165) is 14.6 Å². The van der Waals surface area contributed by atoms with Crippen molar-refractivity contribution in [3.63, 3.8) is 0 Å². The quantitative estimate of drug-likeness (QED) is 0.787. The van der Waals surface area contributed by atoms with E-state index < -0.39 is 17.4 Å². The van der Waals surface area contributed by atoms with Crippen LogP contribution in [0.1, 0.15) is 23.5 Å². The van der Waals surface area contributed by atoms with Crippen LogP contribution in [0.3, 0.4) is 0 Å². The first-order valence-corrected chi connectivity index (χ1v) is 7.43. The average Bonchev–Trinajstić information content (AvgIpc) is 2.65. The zero-order valence-corrected chi connectivity index (χ0v) is 13.4. The Kier molecular flexibility index (Phi) is 3.75. The SMILES string of the molecule is CC(C)(NC(=O)c1sc2cc(Br)ccc2c1N)C(N)=O. The minimum Gasteiger partial charge on any atom is -0.397 e. The molecule has 0 fully saturated rings. The lowest BCUT2D eigenvalue weighted by Crippen LogP contribution is -2.52. The van der Waals surface area contributed by atoms with Crippen molar-refractivity contribution >= 4 is 54.9 Å². The number of rotatable bonds is 3. The van der Waals surface area contributed by atoms with Crippen molar-refractivity contribution in [1.82, 2.24) is 5.32 Å². The first-order valence-electron chi connectivity index (χ1n) is 5.82. The van der Waals surface area contributed by atoms with Crippen LogP contribution in [0.15, 0.2) is 22.7 Å². The van der Waals surface area contributed by atoms with E-state index in [4.69, 9.17) is 11.5 Å². The van der Waals surface area contributed by atoms with E-state index in [1.54, 1.807) is 13.8 Å².